The predicted octanol–water partition coefficient (Wildman–Crippen LogP) is 1.93. The summed E-state index contributed by atoms with van der Waals surface area (Å²) in [5.41, 5.74) is 1.91. The molecule has 0 spiro atoms. The molecule has 6 heteroatoms. The lowest BCUT2D eigenvalue weighted by Gasteiger charge is -2.18. The molecule has 0 bridgehead atoms. The minimum Gasteiger partial charge on any atom is -0.480 e. The van der Waals surface area contributed by atoms with Gasteiger partial charge in [0.15, 0.2) is 0 Å². The highest BCUT2D eigenvalue weighted by atomic mass is 16.4. The third-order valence-corrected chi connectivity index (χ3v) is 3.29. The Bertz CT molecular complexity index is 731. The van der Waals surface area contributed by atoms with Gasteiger partial charge < -0.3 is 9.67 Å². The fourth-order valence-corrected chi connectivity index (χ4v) is 2.50. The number of nitrogens with zero attached hydrogens (tertiary/aromatic N) is 2. The van der Waals surface area contributed by atoms with E-state index in [0.717, 1.165) is 10.6 Å². The number of anilines is 1. The Morgan fingerprint density at radius 2 is 1.81 bits per heavy atom. The molecule has 1 heterocycles. The molecule has 1 N–H and O–H groups in total. The second kappa shape index (κ2) is 5.40. The van der Waals surface area contributed by atoms with Gasteiger partial charge in [0.2, 0.25) is 11.8 Å². The smallest absolute Gasteiger partial charge is 0.323 e. The van der Waals surface area contributed by atoms with Gasteiger partial charge >= 0.3 is 5.97 Å². The summed E-state index contributed by atoms with van der Waals surface area (Å²) >= 11 is 0. The van der Waals surface area contributed by atoms with Crippen molar-refractivity contribution >= 4 is 34.4 Å². The molecule has 2 amide bonds. The molecule has 0 atom stereocenters. The van der Waals surface area contributed by atoms with Crippen molar-refractivity contribution in [2.75, 3.05) is 4.90 Å². The Balaban J connectivity index is 2.70. The molecular formula is C15H16N2O4. The molecule has 21 heavy (non-hydrogen) atoms. The van der Waals surface area contributed by atoms with Gasteiger partial charge in [-0.25, -0.2) is 0 Å². The number of carboxylic acids is 1. The number of fused-ring (bicyclic) bond motifs is 1. The van der Waals surface area contributed by atoms with Crippen molar-refractivity contribution in [1.29, 1.82) is 0 Å². The average Bonchev–Trinajstić information content (AvgIpc) is 2.66. The first-order chi connectivity index (χ1) is 9.82. The number of hydrogen-bond donors (Lipinski definition) is 1. The SMILES string of the molecule is CC(=O)N(C(C)=O)c1cccc2c1cc(C)n2CC(=O)O. The Morgan fingerprint density at radius 1 is 1.19 bits per heavy atom. The summed E-state index contributed by atoms with van der Waals surface area (Å²) in [7, 11) is 0. The molecule has 0 fully saturated rings. The largest absolute Gasteiger partial charge is 0.480 e. The number of carboxylic acid groups (broad SMARTS) is 1. The number of aryl methyl sites for hydroxylation is 1. The number of benzene rings is 1. The maximum absolute atomic E-state index is 11.7. The number of imide groups is 1. The van der Waals surface area contributed by atoms with E-state index in [1.807, 2.05) is 0 Å². The van der Waals surface area contributed by atoms with Crippen LogP contribution in [0.25, 0.3) is 10.9 Å². The van der Waals surface area contributed by atoms with E-state index >= 15 is 0 Å². The second-order valence-corrected chi connectivity index (χ2v) is 4.85. The van der Waals surface area contributed by atoms with E-state index < -0.39 is 5.97 Å². The molecule has 0 radical (unpaired) electrons. The molecule has 2 aromatic rings. The fourth-order valence-electron chi connectivity index (χ4n) is 2.50. The first kappa shape index (κ1) is 14.8. The lowest BCUT2D eigenvalue weighted by atomic mass is 10.2. The summed E-state index contributed by atoms with van der Waals surface area (Å²) in [6, 6.07) is 6.93. The normalized spacial score (nSPS) is 10.6. The van der Waals surface area contributed by atoms with E-state index in [2.05, 4.69) is 0 Å². The quantitative estimate of drug-likeness (QED) is 0.936. The summed E-state index contributed by atoms with van der Waals surface area (Å²) in [4.78, 5) is 35.5. The van der Waals surface area contributed by atoms with Crippen molar-refractivity contribution in [3.05, 3.63) is 30.0 Å². The van der Waals surface area contributed by atoms with Crippen molar-refractivity contribution in [3.63, 3.8) is 0 Å². The number of carbonyl (C=O) groups excluding carboxylic acids is 2. The highest BCUT2D eigenvalue weighted by Crippen LogP contribution is 2.30. The lowest BCUT2D eigenvalue weighted by molar-refractivity contribution is -0.137. The monoisotopic (exact) mass is 288 g/mol. The van der Waals surface area contributed by atoms with Crippen LogP contribution in [-0.2, 0) is 20.9 Å². The predicted molar refractivity (Wildman–Crippen MR) is 78.2 cm³/mol. The van der Waals surface area contributed by atoms with Gasteiger partial charge in [-0.05, 0) is 25.1 Å². The van der Waals surface area contributed by atoms with Gasteiger partial charge in [-0.2, -0.15) is 0 Å². The van der Waals surface area contributed by atoms with Crippen molar-refractivity contribution in [3.8, 4) is 0 Å². The van der Waals surface area contributed by atoms with Gasteiger partial charge in [0.1, 0.15) is 6.54 Å². The van der Waals surface area contributed by atoms with Gasteiger partial charge in [0.05, 0.1) is 11.2 Å². The van der Waals surface area contributed by atoms with E-state index in [9.17, 15) is 14.4 Å². The number of carbonyl (C=O) groups is 3. The molecule has 0 unspecified atom stereocenters. The molecule has 0 aliphatic rings. The molecule has 1 aromatic carbocycles. The van der Waals surface area contributed by atoms with Crippen LogP contribution in [0, 0.1) is 6.92 Å². The highest BCUT2D eigenvalue weighted by molar-refractivity contribution is 6.17. The van der Waals surface area contributed by atoms with Crippen LogP contribution < -0.4 is 4.90 Å². The van der Waals surface area contributed by atoms with Crippen molar-refractivity contribution < 1.29 is 19.5 Å². The van der Waals surface area contributed by atoms with E-state index in [4.69, 9.17) is 5.11 Å². The first-order valence-electron chi connectivity index (χ1n) is 6.45. The summed E-state index contributed by atoms with van der Waals surface area (Å²) in [6.45, 7) is 4.26. The van der Waals surface area contributed by atoms with Gasteiger partial charge in [0, 0.05) is 24.9 Å². The van der Waals surface area contributed by atoms with Crippen LogP contribution in [0.5, 0.6) is 0 Å². The van der Waals surface area contributed by atoms with Crippen LogP contribution in [0.4, 0.5) is 5.69 Å². The zero-order valence-corrected chi connectivity index (χ0v) is 12.1. The van der Waals surface area contributed by atoms with E-state index in [-0.39, 0.29) is 18.4 Å². The Morgan fingerprint density at radius 3 is 2.33 bits per heavy atom. The second-order valence-electron chi connectivity index (χ2n) is 4.85. The number of rotatable bonds is 3. The minimum atomic E-state index is -0.948. The van der Waals surface area contributed by atoms with Crippen LogP contribution in [-0.4, -0.2) is 27.5 Å². The lowest BCUT2D eigenvalue weighted by Crippen LogP contribution is -2.33. The molecule has 0 aliphatic heterocycles. The Kier molecular flexibility index (Phi) is 3.80. The molecule has 0 saturated heterocycles. The fraction of sp³-hybridized carbons (Fsp3) is 0.267. The maximum atomic E-state index is 11.7. The number of aromatic nitrogens is 1. The Hall–Kier alpha value is -2.63. The molecule has 0 saturated carbocycles. The molecule has 110 valence electrons. The summed E-state index contributed by atoms with van der Waals surface area (Å²) in [6.07, 6.45) is 0. The van der Waals surface area contributed by atoms with Gasteiger partial charge in [-0.1, -0.05) is 6.07 Å². The summed E-state index contributed by atoms with van der Waals surface area (Å²) < 4.78 is 1.64. The Labute approximate surface area is 121 Å². The van der Waals surface area contributed by atoms with E-state index in [1.54, 1.807) is 35.8 Å². The third-order valence-electron chi connectivity index (χ3n) is 3.29. The summed E-state index contributed by atoms with van der Waals surface area (Å²) in [5, 5.41) is 9.67. The van der Waals surface area contributed by atoms with Crippen LogP contribution in [0.15, 0.2) is 24.3 Å². The number of amides is 2. The van der Waals surface area contributed by atoms with Crippen LogP contribution >= 0.6 is 0 Å². The molecule has 0 aliphatic carbocycles. The third kappa shape index (κ3) is 2.65. The standard InChI is InChI=1S/C15H16N2O4/c1-9-7-12-13(16(9)8-15(20)21)5-4-6-14(12)17(10(2)18)11(3)19/h4-7H,8H2,1-3H3,(H,20,21). The summed E-state index contributed by atoms with van der Waals surface area (Å²) in [5.74, 6) is -1.70. The van der Waals surface area contributed by atoms with Crippen LogP contribution in [0.3, 0.4) is 0 Å². The van der Waals surface area contributed by atoms with Crippen LogP contribution in [0.1, 0.15) is 19.5 Å². The van der Waals surface area contributed by atoms with Gasteiger partial charge in [-0.3, -0.25) is 19.3 Å². The minimum absolute atomic E-state index is 0.168. The average molecular weight is 288 g/mol. The van der Waals surface area contributed by atoms with Crippen LogP contribution in [0.2, 0.25) is 0 Å². The topological polar surface area (TPSA) is 79.6 Å². The van der Waals surface area contributed by atoms with Crippen molar-refractivity contribution in [1.82, 2.24) is 4.57 Å². The van der Waals surface area contributed by atoms with E-state index in [0.29, 0.717) is 16.6 Å². The molecule has 6 nitrogen and oxygen atoms in total. The maximum Gasteiger partial charge on any atom is 0.323 e. The first-order valence-corrected chi connectivity index (χ1v) is 6.45. The van der Waals surface area contributed by atoms with Crippen molar-refractivity contribution in [2.45, 2.75) is 27.3 Å². The zero-order chi connectivity index (χ0) is 15.7. The number of hydrogen-bond acceptors (Lipinski definition) is 3. The highest BCUT2D eigenvalue weighted by Gasteiger charge is 2.20. The van der Waals surface area contributed by atoms with E-state index in [1.165, 1.54) is 13.8 Å². The molecular weight excluding hydrogens is 272 g/mol. The molecule has 1 aromatic heterocycles. The molecule has 2 rings (SSSR count). The van der Waals surface area contributed by atoms with Gasteiger partial charge in [-0.15, -0.1) is 0 Å². The zero-order valence-electron chi connectivity index (χ0n) is 12.1. The van der Waals surface area contributed by atoms with Crippen molar-refractivity contribution in [2.24, 2.45) is 0 Å². The van der Waals surface area contributed by atoms with Gasteiger partial charge in [0.25, 0.3) is 0 Å². The number of aliphatic carboxylic acids is 1.